The zero-order chi connectivity index (χ0) is 25.6. The van der Waals surface area contributed by atoms with Crippen molar-refractivity contribution >= 4 is 23.1 Å². The number of carboxylic acid groups (broad SMARTS) is 1. The van der Waals surface area contributed by atoms with Gasteiger partial charge in [0.1, 0.15) is 12.4 Å². The SMILES string of the molecule is O=C(O)c1ccc(C=NO)c(C(c2ccc(OCc3ccc4ccccc4n3)cc2)C2CCCCC2)c1. The third-order valence-corrected chi connectivity index (χ3v) is 7.27. The van der Waals surface area contributed by atoms with Crippen LogP contribution in [0, 0.1) is 5.92 Å². The van der Waals surface area contributed by atoms with E-state index < -0.39 is 5.97 Å². The summed E-state index contributed by atoms with van der Waals surface area (Å²) in [6.45, 7) is 0.369. The first kappa shape index (κ1) is 24.5. The highest BCUT2D eigenvalue weighted by molar-refractivity contribution is 5.90. The van der Waals surface area contributed by atoms with E-state index in [0.29, 0.717) is 12.5 Å². The van der Waals surface area contributed by atoms with Crippen LogP contribution in [0.2, 0.25) is 0 Å². The van der Waals surface area contributed by atoms with Crippen molar-refractivity contribution in [2.24, 2.45) is 11.1 Å². The number of fused-ring (bicyclic) bond motifs is 1. The molecule has 1 unspecified atom stereocenters. The number of rotatable bonds is 8. The minimum Gasteiger partial charge on any atom is -0.487 e. The highest BCUT2D eigenvalue weighted by atomic mass is 16.5. The minimum absolute atomic E-state index is 0.0104. The van der Waals surface area contributed by atoms with Crippen LogP contribution in [0.15, 0.2) is 84.0 Å². The maximum atomic E-state index is 11.8. The number of para-hydroxylation sites is 1. The quantitative estimate of drug-likeness (QED) is 0.156. The van der Waals surface area contributed by atoms with E-state index in [4.69, 9.17) is 4.74 Å². The van der Waals surface area contributed by atoms with E-state index in [0.717, 1.165) is 64.7 Å². The second kappa shape index (κ2) is 11.2. The van der Waals surface area contributed by atoms with Gasteiger partial charge in [-0.15, -0.1) is 0 Å². The summed E-state index contributed by atoms with van der Waals surface area (Å²) < 4.78 is 6.05. The number of pyridine rings is 1. The number of hydrogen-bond donors (Lipinski definition) is 2. The Morgan fingerprint density at radius 1 is 1.00 bits per heavy atom. The molecule has 1 aliphatic carbocycles. The van der Waals surface area contributed by atoms with Crippen molar-refractivity contribution in [3.63, 3.8) is 0 Å². The predicted molar refractivity (Wildman–Crippen MR) is 144 cm³/mol. The lowest BCUT2D eigenvalue weighted by molar-refractivity contribution is 0.0696. The fraction of sp³-hybridized carbons (Fsp3) is 0.258. The Morgan fingerprint density at radius 3 is 2.54 bits per heavy atom. The maximum Gasteiger partial charge on any atom is 0.335 e. The van der Waals surface area contributed by atoms with E-state index in [9.17, 15) is 15.1 Å². The first-order valence-corrected chi connectivity index (χ1v) is 12.7. The van der Waals surface area contributed by atoms with Gasteiger partial charge in [0.25, 0.3) is 0 Å². The Bertz CT molecular complexity index is 1410. The molecule has 37 heavy (non-hydrogen) atoms. The van der Waals surface area contributed by atoms with Crippen LogP contribution in [-0.4, -0.2) is 27.5 Å². The van der Waals surface area contributed by atoms with Crippen molar-refractivity contribution in [3.05, 3.63) is 107 Å². The summed E-state index contributed by atoms with van der Waals surface area (Å²) in [7, 11) is 0. The smallest absolute Gasteiger partial charge is 0.335 e. The second-order valence-corrected chi connectivity index (χ2v) is 9.62. The van der Waals surface area contributed by atoms with Crippen LogP contribution < -0.4 is 4.74 Å². The number of oxime groups is 1. The summed E-state index contributed by atoms with van der Waals surface area (Å²) in [5.41, 5.74) is 4.73. The summed E-state index contributed by atoms with van der Waals surface area (Å²) >= 11 is 0. The van der Waals surface area contributed by atoms with Crippen LogP contribution in [0.1, 0.15) is 70.8 Å². The monoisotopic (exact) mass is 494 g/mol. The van der Waals surface area contributed by atoms with Crippen molar-refractivity contribution in [1.82, 2.24) is 4.98 Å². The largest absolute Gasteiger partial charge is 0.487 e. The fourth-order valence-electron chi connectivity index (χ4n) is 5.45. The predicted octanol–water partition coefficient (Wildman–Crippen LogP) is 7.03. The molecule has 4 aromatic rings. The second-order valence-electron chi connectivity index (χ2n) is 9.62. The van der Waals surface area contributed by atoms with Gasteiger partial charge in [0.05, 0.1) is 23.0 Å². The van der Waals surface area contributed by atoms with E-state index in [2.05, 4.69) is 28.3 Å². The Kier molecular flexibility index (Phi) is 7.45. The molecule has 1 aliphatic rings. The van der Waals surface area contributed by atoms with E-state index >= 15 is 0 Å². The first-order valence-electron chi connectivity index (χ1n) is 12.7. The molecule has 188 valence electrons. The summed E-state index contributed by atoms with van der Waals surface area (Å²) in [6.07, 6.45) is 7.07. The van der Waals surface area contributed by atoms with Gasteiger partial charge in [-0.25, -0.2) is 9.78 Å². The van der Waals surface area contributed by atoms with Crippen LogP contribution in [0.5, 0.6) is 5.75 Å². The third-order valence-electron chi connectivity index (χ3n) is 7.27. The topological polar surface area (TPSA) is 92.0 Å². The summed E-state index contributed by atoms with van der Waals surface area (Å²) in [5, 5.41) is 23.2. The highest BCUT2D eigenvalue weighted by Crippen LogP contribution is 2.42. The fourth-order valence-corrected chi connectivity index (χ4v) is 5.45. The molecule has 1 atom stereocenters. The van der Waals surface area contributed by atoms with Crippen molar-refractivity contribution in [2.75, 3.05) is 0 Å². The Hall–Kier alpha value is -4.19. The molecular formula is C31H30N2O4. The molecule has 0 aliphatic heterocycles. The third kappa shape index (κ3) is 5.64. The van der Waals surface area contributed by atoms with Crippen LogP contribution in [0.4, 0.5) is 0 Å². The lowest BCUT2D eigenvalue weighted by Crippen LogP contribution is -2.19. The zero-order valence-electron chi connectivity index (χ0n) is 20.6. The molecule has 6 nitrogen and oxygen atoms in total. The summed E-state index contributed by atoms with van der Waals surface area (Å²) in [4.78, 5) is 16.4. The normalized spacial score (nSPS) is 15.1. The van der Waals surface area contributed by atoms with Gasteiger partial charge < -0.3 is 15.1 Å². The van der Waals surface area contributed by atoms with Crippen LogP contribution in [0.3, 0.4) is 0 Å². The first-order chi connectivity index (χ1) is 18.1. The number of hydrogen-bond acceptors (Lipinski definition) is 5. The molecule has 6 heteroatoms. The molecule has 0 spiro atoms. The Labute approximate surface area is 216 Å². The molecule has 1 heterocycles. The Morgan fingerprint density at radius 2 is 1.78 bits per heavy atom. The van der Waals surface area contributed by atoms with Crippen molar-refractivity contribution in [1.29, 1.82) is 0 Å². The number of ether oxygens (including phenoxy) is 1. The van der Waals surface area contributed by atoms with E-state index in [1.165, 1.54) is 12.6 Å². The number of benzene rings is 3. The van der Waals surface area contributed by atoms with Gasteiger partial charge in [-0.3, -0.25) is 0 Å². The van der Waals surface area contributed by atoms with Crippen molar-refractivity contribution < 1.29 is 19.8 Å². The minimum atomic E-state index is -0.970. The molecule has 2 N–H and O–H groups in total. The standard InChI is InChI=1S/C31H30N2O4/c34-31(35)24-10-11-25(19-32-36)28(18-24)30(22-7-2-1-3-8-22)23-13-16-27(17-14-23)37-20-26-15-12-21-6-4-5-9-29(21)33-26/h4-6,9-19,22,30,36H,1-3,7-8,20H2,(H,34,35). The molecule has 1 fully saturated rings. The molecule has 0 bridgehead atoms. The van der Waals surface area contributed by atoms with Crippen LogP contribution >= 0.6 is 0 Å². The summed E-state index contributed by atoms with van der Waals surface area (Å²) in [5.74, 6) is 0.140. The van der Waals surface area contributed by atoms with Crippen LogP contribution in [-0.2, 0) is 6.61 Å². The molecule has 5 rings (SSSR count). The number of nitrogens with zero attached hydrogens (tertiary/aromatic N) is 2. The van der Waals surface area contributed by atoms with Gasteiger partial charge >= 0.3 is 5.97 Å². The number of carbonyl (C=O) groups is 1. The molecule has 1 aromatic heterocycles. The maximum absolute atomic E-state index is 11.8. The molecule has 0 amide bonds. The molecule has 1 saturated carbocycles. The van der Waals surface area contributed by atoms with E-state index in [1.54, 1.807) is 18.2 Å². The molecular weight excluding hydrogens is 464 g/mol. The summed E-state index contributed by atoms with van der Waals surface area (Å²) in [6, 6.07) is 25.1. The molecule has 0 saturated heterocycles. The average Bonchev–Trinajstić information content (AvgIpc) is 2.94. The van der Waals surface area contributed by atoms with Gasteiger partial charge in [-0.05, 0) is 71.8 Å². The van der Waals surface area contributed by atoms with Crippen molar-refractivity contribution in [3.8, 4) is 5.75 Å². The zero-order valence-corrected chi connectivity index (χ0v) is 20.6. The Balaban J connectivity index is 1.42. The van der Waals surface area contributed by atoms with Gasteiger partial charge in [0, 0.05) is 11.3 Å². The van der Waals surface area contributed by atoms with E-state index in [-0.39, 0.29) is 11.5 Å². The lowest BCUT2D eigenvalue weighted by Gasteiger charge is -2.32. The van der Waals surface area contributed by atoms with Gasteiger partial charge in [-0.2, -0.15) is 0 Å². The number of carboxylic acids is 1. The number of aromatic carboxylic acids is 1. The van der Waals surface area contributed by atoms with Crippen LogP contribution in [0.25, 0.3) is 10.9 Å². The van der Waals surface area contributed by atoms with E-state index in [1.807, 2.05) is 42.5 Å². The van der Waals surface area contributed by atoms with Crippen molar-refractivity contribution in [2.45, 2.75) is 44.6 Å². The molecule has 3 aromatic carbocycles. The van der Waals surface area contributed by atoms with Gasteiger partial charge in [-0.1, -0.05) is 66.9 Å². The number of aromatic nitrogens is 1. The average molecular weight is 495 g/mol. The highest BCUT2D eigenvalue weighted by Gasteiger charge is 2.29. The molecule has 0 radical (unpaired) electrons. The van der Waals surface area contributed by atoms with Gasteiger partial charge in [0.15, 0.2) is 0 Å². The lowest BCUT2D eigenvalue weighted by atomic mass is 9.72. The van der Waals surface area contributed by atoms with Gasteiger partial charge in [0.2, 0.25) is 0 Å².